The number of halogens is 3. The summed E-state index contributed by atoms with van der Waals surface area (Å²) < 4.78 is 38.9. The molecule has 210 valence electrons. The van der Waals surface area contributed by atoms with E-state index in [1.807, 2.05) is 12.1 Å². The molecule has 2 aromatic rings. The molecule has 11 heteroatoms. The van der Waals surface area contributed by atoms with Gasteiger partial charge in [0.05, 0.1) is 11.2 Å². The van der Waals surface area contributed by atoms with Crippen LogP contribution in [0.1, 0.15) is 60.0 Å². The van der Waals surface area contributed by atoms with Gasteiger partial charge in [-0.2, -0.15) is 13.2 Å². The molecule has 2 atom stereocenters. The van der Waals surface area contributed by atoms with E-state index >= 15 is 0 Å². The third-order valence-corrected chi connectivity index (χ3v) is 8.43. The van der Waals surface area contributed by atoms with Crippen molar-refractivity contribution in [1.29, 1.82) is 0 Å². The van der Waals surface area contributed by atoms with Crippen molar-refractivity contribution in [3.8, 4) is 0 Å². The number of Topliss-reactive ketones (excluding diaryl/α,β-unsaturated/α-hetero) is 1. The van der Waals surface area contributed by atoms with Crippen molar-refractivity contribution >= 4 is 17.5 Å². The van der Waals surface area contributed by atoms with E-state index in [0.717, 1.165) is 55.5 Å². The van der Waals surface area contributed by atoms with Gasteiger partial charge in [-0.25, -0.2) is 4.98 Å². The number of hydrogen-bond donors (Lipinski definition) is 3. The maximum atomic E-state index is 13.0. The summed E-state index contributed by atoms with van der Waals surface area (Å²) >= 11 is 0. The Bertz CT molecular complexity index is 1190. The topological polar surface area (TPSA) is 112 Å². The Hall–Kier alpha value is -3.02. The molecule has 4 N–H and O–H groups in total. The van der Waals surface area contributed by atoms with Gasteiger partial charge in [-0.3, -0.25) is 14.5 Å². The van der Waals surface area contributed by atoms with Crippen LogP contribution < -0.4 is 16.0 Å². The minimum atomic E-state index is -4.58. The van der Waals surface area contributed by atoms with Crippen LogP contribution in [-0.4, -0.2) is 65.1 Å². The summed E-state index contributed by atoms with van der Waals surface area (Å²) in [4.78, 5) is 34.4. The van der Waals surface area contributed by atoms with Crippen LogP contribution in [0.25, 0.3) is 0 Å². The number of aromatic nitrogens is 1. The van der Waals surface area contributed by atoms with Crippen molar-refractivity contribution in [2.45, 2.75) is 62.5 Å². The quantitative estimate of drug-likeness (QED) is 0.459. The smallest absolute Gasteiger partial charge is 0.385 e. The number of nitrogens with two attached hydrogens (primary N) is 1. The second-order valence-electron chi connectivity index (χ2n) is 10.9. The van der Waals surface area contributed by atoms with Gasteiger partial charge in [0.15, 0.2) is 5.78 Å². The van der Waals surface area contributed by atoms with Gasteiger partial charge in [0.25, 0.3) is 5.91 Å². The lowest BCUT2D eigenvalue weighted by atomic mass is 9.78. The molecular weight excluding hydrogens is 511 g/mol. The molecule has 1 aromatic heterocycles. The van der Waals surface area contributed by atoms with Crippen molar-refractivity contribution in [2.24, 2.45) is 11.7 Å². The van der Waals surface area contributed by atoms with E-state index in [9.17, 15) is 27.9 Å². The summed E-state index contributed by atoms with van der Waals surface area (Å²) in [6.07, 6.45) is 0.438. The third-order valence-electron chi connectivity index (χ3n) is 8.43. The Labute approximate surface area is 225 Å². The summed E-state index contributed by atoms with van der Waals surface area (Å²) in [6.45, 7) is 3.25. The number of amides is 1. The number of alkyl halides is 3. The van der Waals surface area contributed by atoms with Gasteiger partial charge >= 0.3 is 6.18 Å². The molecule has 8 nitrogen and oxygen atoms in total. The lowest BCUT2D eigenvalue weighted by Gasteiger charge is -2.40. The lowest BCUT2D eigenvalue weighted by Crippen LogP contribution is -2.50. The molecule has 1 saturated carbocycles. The van der Waals surface area contributed by atoms with Crippen LogP contribution in [0.3, 0.4) is 0 Å². The highest BCUT2D eigenvalue weighted by Gasteiger charge is 2.40. The minimum absolute atomic E-state index is 0.207. The van der Waals surface area contributed by atoms with Gasteiger partial charge in [0, 0.05) is 48.9 Å². The molecular formula is C28H34F3N5O3. The minimum Gasteiger partial charge on any atom is -0.385 e. The van der Waals surface area contributed by atoms with Crippen molar-refractivity contribution in [1.82, 2.24) is 15.2 Å². The Balaban J connectivity index is 1.12. The van der Waals surface area contributed by atoms with Crippen LogP contribution in [0.5, 0.6) is 0 Å². The van der Waals surface area contributed by atoms with Crippen LogP contribution in [0.15, 0.2) is 42.6 Å². The molecule has 2 aliphatic heterocycles. The fourth-order valence-corrected chi connectivity index (χ4v) is 5.87. The van der Waals surface area contributed by atoms with Crippen molar-refractivity contribution in [3.63, 3.8) is 0 Å². The molecule has 0 radical (unpaired) electrons. The summed E-state index contributed by atoms with van der Waals surface area (Å²) in [6, 6.07) is 8.19. The first-order chi connectivity index (χ1) is 18.5. The van der Waals surface area contributed by atoms with Gasteiger partial charge in [0.1, 0.15) is 12.0 Å². The van der Waals surface area contributed by atoms with E-state index in [-0.39, 0.29) is 23.3 Å². The zero-order chi connectivity index (χ0) is 27.8. The highest BCUT2D eigenvalue weighted by atomic mass is 19.4. The maximum absolute atomic E-state index is 13.0. The molecule has 1 amide bonds. The summed E-state index contributed by atoms with van der Waals surface area (Å²) in [5, 5.41) is 13.7. The van der Waals surface area contributed by atoms with Gasteiger partial charge in [-0.15, -0.1) is 0 Å². The number of carbonyl (C=O) groups excluding carboxylic acids is 2. The predicted molar refractivity (Wildman–Crippen MR) is 139 cm³/mol. The molecule has 3 heterocycles. The van der Waals surface area contributed by atoms with E-state index in [1.54, 1.807) is 6.20 Å². The van der Waals surface area contributed by atoms with Crippen LogP contribution in [0, 0.1) is 5.92 Å². The van der Waals surface area contributed by atoms with Crippen molar-refractivity contribution in [3.05, 3.63) is 59.3 Å². The number of pyridine rings is 1. The average molecular weight is 546 g/mol. The molecule has 3 fully saturated rings. The first-order valence-electron chi connectivity index (χ1n) is 13.5. The average Bonchev–Trinajstić information content (AvgIpc) is 3.38. The molecule has 1 aromatic carbocycles. The standard InChI is InChI=1S/C28H34F3N5O3/c29-28(30,31)20-4-1-3-18(15-20)26(38)34-25(32)24(37)19-9-14-36(17-19)22-7-10-27(39,11-8-22)21-5-6-23(33-16-21)35-12-2-13-35/h1,3-6,15-16,19,22,25,39H,2,7-14,17,32H2,(H,34,38)/t19-,22?,25?,27?/m1/s1. The van der Waals surface area contributed by atoms with Crippen molar-refractivity contribution in [2.75, 3.05) is 31.1 Å². The SMILES string of the molecule is NC(NC(=O)c1cccc(C(F)(F)F)c1)C(=O)[C@@H]1CCN(C2CCC(O)(c3ccc(N4CCC4)nc3)CC2)C1. The van der Waals surface area contributed by atoms with Crippen LogP contribution in [0.2, 0.25) is 0 Å². The predicted octanol–water partition coefficient (Wildman–Crippen LogP) is 3.05. The van der Waals surface area contributed by atoms with Crippen LogP contribution >= 0.6 is 0 Å². The third kappa shape index (κ3) is 5.95. The highest BCUT2D eigenvalue weighted by molar-refractivity contribution is 5.98. The largest absolute Gasteiger partial charge is 0.416 e. The zero-order valence-corrected chi connectivity index (χ0v) is 21.7. The molecule has 5 rings (SSSR count). The van der Waals surface area contributed by atoms with E-state index in [2.05, 4.69) is 20.1 Å². The number of hydrogen-bond acceptors (Lipinski definition) is 7. The first kappa shape index (κ1) is 27.5. The number of nitrogens with one attached hydrogen (secondary N) is 1. The first-order valence-corrected chi connectivity index (χ1v) is 13.5. The number of rotatable bonds is 7. The molecule has 3 aliphatic rings. The number of ketones is 1. The Morgan fingerprint density at radius 2 is 1.85 bits per heavy atom. The summed E-state index contributed by atoms with van der Waals surface area (Å²) in [5.74, 6) is -0.588. The lowest BCUT2D eigenvalue weighted by molar-refractivity contribution is -0.137. The Morgan fingerprint density at radius 3 is 2.46 bits per heavy atom. The van der Waals surface area contributed by atoms with E-state index in [4.69, 9.17) is 5.73 Å². The van der Waals surface area contributed by atoms with E-state index in [0.29, 0.717) is 32.4 Å². The fraction of sp³-hybridized carbons (Fsp3) is 0.536. The summed E-state index contributed by atoms with van der Waals surface area (Å²) in [7, 11) is 0. The fourth-order valence-electron chi connectivity index (χ4n) is 5.87. The second-order valence-corrected chi connectivity index (χ2v) is 10.9. The van der Waals surface area contributed by atoms with E-state index < -0.39 is 29.4 Å². The number of aliphatic hydroxyl groups is 1. The molecule has 1 unspecified atom stereocenters. The second kappa shape index (κ2) is 10.9. The molecule has 39 heavy (non-hydrogen) atoms. The number of likely N-dealkylation sites (tertiary alicyclic amines) is 1. The van der Waals surface area contributed by atoms with Crippen molar-refractivity contribution < 1.29 is 27.9 Å². The Morgan fingerprint density at radius 1 is 1.10 bits per heavy atom. The Kier molecular flexibility index (Phi) is 7.67. The van der Waals surface area contributed by atoms with Gasteiger partial charge in [0.2, 0.25) is 0 Å². The molecule has 0 spiro atoms. The van der Waals surface area contributed by atoms with Crippen LogP contribution in [-0.2, 0) is 16.6 Å². The zero-order valence-electron chi connectivity index (χ0n) is 21.7. The number of carbonyl (C=O) groups is 2. The van der Waals surface area contributed by atoms with Crippen LogP contribution in [0.4, 0.5) is 19.0 Å². The van der Waals surface area contributed by atoms with Gasteiger partial charge in [-0.1, -0.05) is 12.1 Å². The van der Waals surface area contributed by atoms with Gasteiger partial charge < -0.3 is 21.1 Å². The monoisotopic (exact) mass is 545 g/mol. The molecule has 2 saturated heterocycles. The molecule has 1 aliphatic carbocycles. The van der Waals surface area contributed by atoms with Gasteiger partial charge in [-0.05, 0) is 69.3 Å². The maximum Gasteiger partial charge on any atom is 0.416 e. The molecule has 0 bridgehead atoms. The highest BCUT2D eigenvalue weighted by Crippen LogP contribution is 2.40. The number of benzene rings is 1. The van der Waals surface area contributed by atoms with E-state index in [1.165, 1.54) is 12.5 Å². The number of nitrogens with zero attached hydrogens (tertiary/aromatic N) is 3. The summed E-state index contributed by atoms with van der Waals surface area (Å²) in [5.41, 5.74) is 4.73. The number of anilines is 1. The normalized spacial score (nSPS) is 26.6.